The summed E-state index contributed by atoms with van der Waals surface area (Å²) in [6.45, 7) is 4.91. The number of pyridine rings is 1. The van der Waals surface area contributed by atoms with E-state index in [4.69, 9.17) is 4.42 Å². The van der Waals surface area contributed by atoms with Gasteiger partial charge in [0.15, 0.2) is 5.88 Å². The molecule has 1 N–H and O–H groups in total. The second kappa shape index (κ2) is 6.77. The Morgan fingerprint density at radius 2 is 2.04 bits per heavy atom. The summed E-state index contributed by atoms with van der Waals surface area (Å²) in [6.07, 6.45) is 3.98. The molecule has 6 rings (SSSR count). The van der Waals surface area contributed by atoms with Crippen LogP contribution in [0.15, 0.2) is 22.7 Å². The van der Waals surface area contributed by atoms with Crippen LogP contribution in [-0.4, -0.2) is 79.0 Å². The Morgan fingerprint density at radius 3 is 2.75 bits per heavy atom. The normalized spacial score (nSPS) is 27.5. The molecule has 1 atom stereocenters. The molecule has 8 heteroatoms. The molecule has 6 heterocycles. The fraction of sp³-hybridized carbons (Fsp3) is 0.550. The number of nitrogens with zero attached hydrogens (tertiary/aromatic N) is 4. The molecule has 4 aliphatic rings. The number of amides is 2. The second-order valence-corrected chi connectivity index (χ2v) is 8.15. The maximum Gasteiger partial charge on any atom is 0.270 e. The van der Waals surface area contributed by atoms with Crippen LogP contribution in [0, 0.1) is 5.92 Å². The molecule has 0 saturated carbocycles. The molecule has 148 valence electrons. The number of hydrogen-bond acceptors (Lipinski definition) is 6. The van der Waals surface area contributed by atoms with Crippen molar-refractivity contribution < 1.29 is 14.0 Å². The Balaban J connectivity index is 1.32. The fourth-order valence-corrected chi connectivity index (χ4v) is 4.52. The molecule has 4 saturated heterocycles. The van der Waals surface area contributed by atoms with Crippen molar-refractivity contribution in [3.8, 4) is 0 Å². The number of fused-ring (bicyclic) bond motifs is 4. The van der Waals surface area contributed by atoms with E-state index in [1.165, 1.54) is 0 Å². The van der Waals surface area contributed by atoms with Crippen molar-refractivity contribution in [1.29, 1.82) is 0 Å². The van der Waals surface area contributed by atoms with Crippen LogP contribution in [0.1, 0.15) is 23.3 Å². The molecular formula is C20H25N5O3. The predicted octanol–water partition coefficient (Wildman–Crippen LogP) is 0.930. The van der Waals surface area contributed by atoms with Crippen LogP contribution in [0.3, 0.4) is 0 Å². The van der Waals surface area contributed by atoms with Crippen molar-refractivity contribution in [3.05, 3.63) is 24.0 Å². The highest BCUT2D eigenvalue weighted by molar-refractivity contribution is 5.96. The lowest BCUT2D eigenvalue weighted by Gasteiger charge is -2.44. The van der Waals surface area contributed by atoms with Crippen LogP contribution in [0.4, 0.5) is 5.88 Å². The van der Waals surface area contributed by atoms with Gasteiger partial charge in [-0.25, -0.2) is 0 Å². The molecule has 1 unspecified atom stereocenters. The van der Waals surface area contributed by atoms with E-state index in [1.807, 2.05) is 18.0 Å². The van der Waals surface area contributed by atoms with E-state index >= 15 is 0 Å². The van der Waals surface area contributed by atoms with Crippen LogP contribution < -0.4 is 10.2 Å². The molecule has 0 aliphatic carbocycles. The van der Waals surface area contributed by atoms with Crippen LogP contribution in [0.25, 0.3) is 11.0 Å². The van der Waals surface area contributed by atoms with E-state index in [2.05, 4.69) is 15.2 Å². The Bertz CT molecular complexity index is 918. The highest BCUT2D eigenvalue weighted by atomic mass is 16.4. The third-order valence-electron chi connectivity index (χ3n) is 6.36. The van der Waals surface area contributed by atoms with Gasteiger partial charge in [-0.05, 0) is 31.8 Å². The summed E-state index contributed by atoms with van der Waals surface area (Å²) in [5, 5.41) is 4.00. The van der Waals surface area contributed by atoms with Gasteiger partial charge in [-0.2, -0.15) is 0 Å². The summed E-state index contributed by atoms with van der Waals surface area (Å²) in [5.74, 6) is 1.15. The molecule has 0 spiro atoms. The third-order valence-corrected chi connectivity index (χ3v) is 6.36. The number of carbonyl (C=O) groups excluding carboxylic acids is 2. The number of anilines is 1. The Labute approximate surface area is 163 Å². The number of likely N-dealkylation sites (N-methyl/N-ethyl adjacent to an activating group) is 1. The largest absolute Gasteiger partial charge is 0.440 e. The highest BCUT2D eigenvalue weighted by Crippen LogP contribution is 2.29. The van der Waals surface area contributed by atoms with Gasteiger partial charge in [-0.15, -0.1) is 0 Å². The number of piperidine rings is 3. The molecule has 2 bridgehead atoms. The van der Waals surface area contributed by atoms with E-state index < -0.39 is 0 Å². The molecule has 0 radical (unpaired) electrons. The lowest BCUT2D eigenvalue weighted by Crippen LogP contribution is -2.57. The Morgan fingerprint density at radius 1 is 1.21 bits per heavy atom. The minimum Gasteiger partial charge on any atom is -0.440 e. The SMILES string of the molecule is CN1CCN(c2cc3cnc(C(=O)NC4CN5CCC4CC5)cc3o2)CC1=O. The zero-order chi connectivity index (χ0) is 19.3. The van der Waals surface area contributed by atoms with Crippen molar-refractivity contribution in [1.82, 2.24) is 20.1 Å². The Hall–Kier alpha value is -2.61. The first-order valence-electron chi connectivity index (χ1n) is 9.98. The lowest BCUT2D eigenvalue weighted by molar-refractivity contribution is -0.129. The molecule has 28 heavy (non-hydrogen) atoms. The van der Waals surface area contributed by atoms with Gasteiger partial charge in [0.25, 0.3) is 5.91 Å². The summed E-state index contributed by atoms with van der Waals surface area (Å²) < 4.78 is 5.95. The lowest BCUT2D eigenvalue weighted by atomic mass is 9.84. The first kappa shape index (κ1) is 17.5. The van der Waals surface area contributed by atoms with E-state index in [1.54, 1.807) is 17.2 Å². The smallest absolute Gasteiger partial charge is 0.270 e. The van der Waals surface area contributed by atoms with E-state index in [9.17, 15) is 9.59 Å². The number of piperazine rings is 1. The van der Waals surface area contributed by atoms with Crippen molar-refractivity contribution in [2.24, 2.45) is 5.92 Å². The molecule has 4 aliphatic heterocycles. The van der Waals surface area contributed by atoms with Crippen molar-refractivity contribution in [2.45, 2.75) is 18.9 Å². The minimum absolute atomic E-state index is 0.0717. The number of aromatic nitrogens is 1. The summed E-state index contributed by atoms with van der Waals surface area (Å²) in [6, 6.07) is 3.79. The average molecular weight is 383 g/mol. The van der Waals surface area contributed by atoms with Gasteiger partial charge in [0, 0.05) is 56.4 Å². The van der Waals surface area contributed by atoms with Gasteiger partial charge >= 0.3 is 0 Å². The highest BCUT2D eigenvalue weighted by Gasteiger charge is 2.35. The monoisotopic (exact) mass is 383 g/mol. The van der Waals surface area contributed by atoms with Gasteiger partial charge < -0.3 is 24.4 Å². The van der Waals surface area contributed by atoms with Crippen molar-refractivity contribution in [2.75, 3.05) is 51.2 Å². The van der Waals surface area contributed by atoms with Gasteiger partial charge in [-0.1, -0.05) is 0 Å². The Kier molecular flexibility index (Phi) is 4.23. The predicted molar refractivity (Wildman–Crippen MR) is 104 cm³/mol. The maximum atomic E-state index is 12.7. The summed E-state index contributed by atoms with van der Waals surface area (Å²) in [4.78, 5) is 35.1. The maximum absolute atomic E-state index is 12.7. The molecule has 2 amide bonds. The zero-order valence-corrected chi connectivity index (χ0v) is 16.1. The fourth-order valence-electron chi connectivity index (χ4n) is 4.52. The van der Waals surface area contributed by atoms with E-state index in [-0.39, 0.29) is 17.9 Å². The van der Waals surface area contributed by atoms with Crippen LogP contribution in [0.2, 0.25) is 0 Å². The third kappa shape index (κ3) is 3.11. The number of hydrogen-bond donors (Lipinski definition) is 1. The van der Waals surface area contributed by atoms with Crippen LogP contribution in [0.5, 0.6) is 0 Å². The molecule has 0 aromatic carbocycles. The first-order valence-corrected chi connectivity index (χ1v) is 9.98. The number of furan rings is 1. The minimum atomic E-state index is -0.145. The van der Waals surface area contributed by atoms with Gasteiger partial charge in [0.05, 0.1) is 6.54 Å². The van der Waals surface area contributed by atoms with Crippen molar-refractivity contribution in [3.63, 3.8) is 0 Å². The van der Waals surface area contributed by atoms with E-state index in [0.29, 0.717) is 36.2 Å². The van der Waals surface area contributed by atoms with Crippen molar-refractivity contribution >= 4 is 28.7 Å². The molecular weight excluding hydrogens is 358 g/mol. The summed E-state index contributed by atoms with van der Waals surface area (Å²) in [5.41, 5.74) is 0.995. The zero-order valence-electron chi connectivity index (χ0n) is 16.1. The van der Waals surface area contributed by atoms with Gasteiger partial charge in [0.1, 0.15) is 11.3 Å². The molecule has 8 nitrogen and oxygen atoms in total. The topological polar surface area (TPSA) is 81.9 Å². The van der Waals surface area contributed by atoms with Gasteiger partial charge in [0.2, 0.25) is 5.91 Å². The van der Waals surface area contributed by atoms with Crippen LogP contribution in [-0.2, 0) is 4.79 Å². The standard InChI is InChI=1S/C20H25N5O3/c1-23-6-7-25(12-18(23)26)19-8-14-10-21-15(9-17(14)28-19)20(27)22-16-11-24-4-2-13(16)3-5-24/h8-10,13,16H,2-7,11-12H2,1H3,(H,22,27). The number of nitrogens with one attached hydrogen (secondary N) is 1. The van der Waals surface area contributed by atoms with Gasteiger partial charge in [-0.3, -0.25) is 14.6 Å². The molecule has 2 aromatic heterocycles. The number of rotatable bonds is 3. The molecule has 2 aromatic rings. The first-order chi connectivity index (χ1) is 13.6. The summed E-state index contributed by atoms with van der Waals surface area (Å²) in [7, 11) is 1.81. The van der Waals surface area contributed by atoms with Crippen LogP contribution >= 0.6 is 0 Å². The van der Waals surface area contributed by atoms with E-state index in [0.717, 1.165) is 44.4 Å². The molecule has 4 fully saturated rings. The summed E-state index contributed by atoms with van der Waals surface area (Å²) >= 11 is 0. The average Bonchev–Trinajstić information content (AvgIpc) is 3.14. The number of carbonyl (C=O) groups is 2. The second-order valence-electron chi connectivity index (χ2n) is 8.15. The quantitative estimate of drug-likeness (QED) is 0.849.